The van der Waals surface area contributed by atoms with Gasteiger partial charge in [0.05, 0.1) is 37.4 Å². The van der Waals surface area contributed by atoms with E-state index in [1.165, 1.54) is 0 Å². The maximum Gasteiger partial charge on any atom is 0.259 e. The van der Waals surface area contributed by atoms with E-state index in [9.17, 15) is 4.79 Å². The van der Waals surface area contributed by atoms with Crippen LogP contribution in [0.1, 0.15) is 15.9 Å². The van der Waals surface area contributed by atoms with E-state index in [1.54, 1.807) is 49.6 Å². The van der Waals surface area contributed by atoms with Crippen LogP contribution in [0.5, 0.6) is 11.5 Å². The third kappa shape index (κ3) is 4.11. The van der Waals surface area contributed by atoms with Crippen molar-refractivity contribution in [1.82, 2.24) is 14.8 Å². The van der Waals surface area contributed by atoms with Crippen molar-refractivity contribution in [3.05, 3.63) is 84.3 Å². The van der Waals surface area contributed by atoms with Crippen LogP contribution in [0.15, 0.2) is 73.2 Å². The van der Waals surface area contributed by atoms with Crippen LogP contribution in [0.4, 0.5) is 5.69 Å². The first-order valence-electron chi connectivity index (χ1n) is 9.70. The monoisotopic (exact) mass is 414 g/mol. The molecule has 31 heavy (non-hydrogen) atoms. The van der Waals surface area contributed by atoms with E-state index in [-0.39, 0.29) is 5.91 Å². The van der Waals surface area contributed by atoms with Gasteiger partial charge in [0, 0.05) is 18.0 Å². The molecule has 0 saturated heterocycles. The van der Waals surface area contributed by atoms with Crippen LogP contribution in [-0.2, 0) is 0 Å². The summed E-state index contributed by atoms with van der Waals surface area (Å²) in [6, 6.07) is 16.9. The van der Waals surface area contributed by atoms with Crippen LogP contribution in [0, 0.1) is 6.92 Å². The molecule has 1 amide bonds. The number of benzene rings is 2. The summed E-state index contributed by atoms with van der Waals surface area (Å²) in [5, 5.41) is 7.67. The first kappa shape index (κ1) is 20.2. The number of anilines is 1. The number of hydrogen-bond donors (Lipinski definition) is 1. The zero-order valence-electron chi connectivity index (χ0n) is 17.5. The Labute approximate surface area is 180 Å². The smallest absolute Gasteiger partial charge is 0.259 e. The van der Waals surface area contributed by atoms with Gasteiger partial charge >= 0.3 is 0 Å². The number of ether oxygens (including phenoxy) is 2. The van der Waals surface area contributed by atoms with E-state index in [2.05, 4.69) is 10.3 Å². The molecule has 1 N–H and O–H groups in total. The van der Waals surface area contributed by atoms with Gasteiger partial charge in [-0.15, -0.1) is 0 Å². The second kappa shape index (κ2) is 8.71. The molecule has 0 radical (unpaired) electrons. The number of rotatable bonds is 6. The minimum absolute atomic E-state index is 0.293. The number of para-hydroxylation sites is 1. The van der Waals surface area contributed by atoms with Crippen molar-refractivity contribution >= 4 is 11.6 Å². The summed E-state index contributed by atoms with van der Waals surface area (Å²) < 4.78 is 12.6. The van der Waals surface area contributed by atoms with Gasteiger partial charge in [-0.25, -0.2) is 4.68 Å². The molecule has 0 saturated carbocycles. The highest BCUT2D eigenvalue weighted by atomic mass is 16.5. The predicted octanol–water partition coefficient (Wildman–Crippen LogP) is 4.51. The lowest BCUT2D eigenvalue weighted by atomic mass is 10.1. The number of hydrogen-bond acceptors (Lipinski definition) is 5. The second-order valence-corrected chi connectivity index (χ2v) is 6.88. The molecule has 7 nitrogen and oxygen atoms in total. The number of nitrogens with one attached hydrogen (secondary N) is 1. The molecule has 2 heterocycles. The molecule has 0 fully saturated rings. The van der Waals surface area contributed by atoms with Crippen LogP contribution in [0.25, 0.3) is 16.9 Å². The fraction of sp³-hybridized carbons (Fsp3) is 0.125. The number of aromatic nitrogens is 3. The highest BCUT2D eigenvalue weighted by molar-refractivity contribution is 6.08. The quantitative estimate of drug-likeness (QED) is 0.502. The molecule has 0 unspecified atom stereocenters. The maximum atomic E-state index is 13.3. The van der Waals surface area contributed by atoms with Crippen LogP contribution >= 0.6 is 0 Å². The average molecular weight is 414 g/mol. The van der Waals surface area contributed by atoms with Gasteiger partial charge in [0.15, 0.2) is 0 Å². The van der Waals surface area contributed by atoms with E-state index in [4.69, 9.17) is 14.6 Å². The molecule has 0 atom stereocenters. The molecule has 0 aliphatic heterocycles. The van der Waals surface area contributed by atoms with Crippen LogP contribution < -0.4 is 14.8 Å². The maximum absolute atomic E-state index is 13.3. The van der Waals surface area contributed by atoms with Crippen molar-refractivity contribution in [3.8, 4) is 28.4 Å². The Morgan fingerprint density at radius 2 is 1.84 bits per heavy atom. The van der Waals surface area contributed by atoms with E-state index >= 15 is 0 Å². The Hall–Kier alpha value is -4.13. The van der Waals surface area contributed by atoms with Gasteiger partial charge in [-0.1, -0.05) is 18.2 Å². The van der Waals surface area contributed by atoms with Crippen molar-refractivity contribution in [2.24, 2.45) is 0 Å². The molecule has 4 aromatic rings. The number of aryl methyl sites for hydroxylation is 1. The lowest BCUT2D eigenvalue weighted by molar-refractivity contribution is 0.102. The summed E-state index contributed by atoms with van der Waals surface area (Å²) in [5.41, 5.74) is 3.94. The van der Waals surface area contributed by atoms with Crippen molar-refractivity contribution in [2.75, 3.05) is 19.5 Å². The first-order chi connectivity index (χ1) is 15.1. The standard InChI is InChI=1S/C24H22N4O3/c1-16-11-12-25-14-21(16)26-24(29)20-15-28(17-7-5-4-6-8-17)27-23(20)19-13-18(30-2)9-10-22(19)31-3/h4-15H,1-3H3,(H,26,29). The Kier molecular flexibility index (Phi) is 5.66. The highest BCUT2D eigenvalue weighted by Crippen LogP contribution is 2.35. The number of methoxy groups -OCH3 is 2. The van der Waals surface area contributed by atoms with E-state index in [0.717, 1.165) is 11.3 Å². The second-order valence-electron chi connectivity index (χ2n) is 6.88. The molecule has 4 rings (SSSR count). The lowest BCUT2D eigenvalue weighted by Crippen LogP contribution is -2.13. The third-order valence-electron chi connectivity index (χ3n) is 4.93. The summed E-state index contributed by atoms with van der Waals surface area (Å²) in [4.78, 5) is 17.4. The molecule has 0 spiro atoms. The summed E-state index contributed by atoms with van der Waals surface area (Å²) in [5.74, 6) is 0.934. The van der Waals surface area contributed by atoms with E-state index < -0.39 is 0 Å². The van der Waals surface area contributed by atoms with Gasteiger partial charge in [0.25, 0.3) is 5.91 Å². The zero-order chi connectivity index (χ0) is 21.8. The molecular formula is C24H22N4O3. The molecule has 2 aromatic carbocycles. The number of pyridine rings is 1. The van der Waals surface area contributed by atoms with Crippen LogP contribution in [-0.4, -0.2) is 34.9 Å². The largest absolute Gasteiger partial charge is 0.497 e. The summed E-state index contributed by atoms with van der Waals surface area (Å²) in [6.45, 7) is 1.91. The fourth-order valence-electron chi connectivity index (χ4n) is 3.24. The van der Waals surface area contributed by atoms with Crippen molar-refractivity contribution in [3.63, 3.8) is 0 Å². The van der Waals surface area contributed by atoms with Crippen molar-refractivity contribution in [1.29, 1.82) is 0 Å². The Balaban J connectivity index is 1.85. The van der Waals surface area contributed by atoms with Gasteiger partial charge in [0.2, 0.25) is 0 Å². The minimum atomic E-state index is -0.293. The fourth-order valence-corrected chi connectivity index (χ4v) is 3.24. The topological polar surface area (TPSA) is 78.3 Å². The SMILES string of the molecule is COc1ccc(OC)c(-c2nn(-c3ccccc3)cc2C(=O)Nc2cnccc2C)c1. The first-order valence-corrected chi connectivity index (χ1v) is 9.70. The molecule has 0 aliphatic rings. The summed E-state index contributed by atoms with van der Waals surface area (Å²) >= 11 is 0. The highest BCUT2D eigenvalue weighted by Gasteiger charge is 2.22. The molecule has 0 bridgehead atoms. The Morgan fingerprint density at radius 3 is 2.55 bits per heavy atom. The average Bonchev–Trinajstić information content (AvgIpc) is 3.26. The van der Waals surface area contributed by atoms with Crippen molar-refractivity contribution < 1.29 is 14.3 Å². The number of nitrogens with zero attached hydrogens (tertiary/aromatic N) is 3. The molecule has 0 aliphatic carbocycles. The van der Waals surface area contributed by atoms with E-state index in [1.807, 2.05) is 49.4 Å². The van der Waals surface area contributed by atoms with Crippen LogP contribution in [0.3, 0.4) is 0 Å². The van der Waals surface area contributed by atoms with Gasteiger partial charge in [-0.2, -0.15) is 5.10 Å². The molecule has 2 aromatic heterocycles. The molecule has 7 heteroatoms. The van der Waals surface area contributed by atoms with Gasteiger partial charge in [-0.05, 0) is 48.9 Å². The number of carbonyl (C=O) groups excluding carboxylic acids is 1. The van der Waals surface area contributed by atoms with Gasteiger partial charge in [-0.3, -0.25) is 9.78 Å². The number of carbonyl (C=O) groups is 1. The Morgan fingerprint density at radius 1 is 1.03 bits per heavy atom. The van der Waals surface area contributed by atoms with Gasteiger partial charge < -0.3 is 14.8 Å². The summed E-state index contributed by atoms with van der Waals surface area (Å²) in [7, 11) is 3.17. The lowest BCUT2D eigenvalue weighted by Gasteiger charge is -2.11. The molecular weight excluding hydrogens is 392 g/mol. The van der Waals surface area contributed by atoms with Gasteiger partial charge in [0.1, 0.15) is 17.2 Å². The van der Waals surface area contributed by atoms with E-state index in [0.29, 0.717) is 34.0 Å². The van der Waals surface area contributed by atoms with Crippen LogP contribution in [0.2, 0.25) is 0 Å². The zero-order valence-corrected chi connectivity index (χ0v) is 17.5. The Bertz CT molecular complexity index is 1220. The molecule has 156 valence electrons. The van der Waals surface area contributed by atoms with Crippen molar-refractivity contribution in [2.45, 2.75) is 6.92 Å². The third-order valence-corrected chi connectivity index (χ3v) is 4.93. The number of amides is 1. The predicted molar refractivity (Wildman–Crippen MR) is 119 cm³/mol. The summed E-state index contributed by atoms with van der Waals surface area (Å²) in [6.07, 6.45) is 5.02. The minimum Gasteiger partial charge on any atom is -0.497 e. The normalized spacial score (nSPS) is 10.5.